The van der Waals surface area contributed by atoms with Crippen molar-refractivity contribution in [2.24, 2.45) is 0 Å². The summed E-state index contributed by atoms with van der Waals surface area (Å²) >= 11 is 0. The van der Waals surface area contributed by atoms with Gasteiger partial charge in [-0.1, -0.05) is 12.0 Å². The summed E-state index contributed by atoms with van der Waals surface area (Å²) in [6.45, 7) is 0.287. The number of terminal acetylenes is 1. The molecule has 0 saturated heterocycles. The molecule has 1 N–H and O–H groups in total. The highest BCUT2D eigenvalue weighted by Crippen LogP contribution is 2.18. The number of carboxylic acids is 1. The average Bonchev–Trinajstić information content (AvgIpc) is 2.28. The molecule has 0 amide bonds. The van der Waals surface area contributed by atoms with Crippen molar-refractivity contribution < 1.29 is 19.0 Å². The zero-order chi connectivity index (χ0) is 13.5. The van der Waals surface area contributed by atoms with Crippen molar-refractivity contribution in [2.45, 2.75) is 6.54 Å². The first kappa shape index (κ1) is 14.0. The van der Waals surface area contributed by atoms with Crippen molar-refractivity contribution in [3.05, 3.63) is 29.6 Å². The summed E-state index contributed by atoms with van der Waals surface area (Å²) in [5.74, 6) is 1.07. The molecule has 4 nitrogen and oxygen atoms in total. The summed E-state index contributed by atoms with van der Waals surface area (Å²) in [5, 5.41) is 8.72. The van der Waals surface area contributed by atoms with E-state index in [9.17, 15) is 9.18 Å². The van der Waals surface area contributed by atoms with Crippen molar-refractivity contribution >= 4 is 5.97 Å². The first-order valence-electron chi connectivity index (χ1n) is 5.27. The average molecular weight is 251 g/mol. The first-order valence-corrected chi connectivity index (χ1v) is 5.27. The van der Waals surface area contributed by atoms with E-state index in [4.69, 9.17) is 16.3 Å². The van der Waals surface area contributed by atoms with Gasteiger partial charge in [-0.05, 0) is 17.7 Å². The number of benzene rings is 1. The van der Waals surface area contributed by atoms with Crippen LogP contribution in [0.25, 0.3) is 0 Å². The molecular formula is C13H14FNO3. The SMILES string of the molecule is C#CCN(CC(=O)O)Cc1ccc(OC)c(F)c1. The van der Waals surface area contributed by atoms with Crippen LogP contribution in [0, 0.1) is 18.2 Å². The Morgan fingerprint density at radius 2 is 2.33 bits per heavy atom. The van der Waals surface area contributed by atoms with Crippen molar-refractivity contribution in [3.8, 4) is 18.1 Å². The standard InChI is InChI=1S/C13H14FNO3/c1-3-6-15(9-13(16)17)8-10-4-5-12(18-2)11(14)7-10/h1,4-5,7H,6,8-9H2,2H3,(H,16,17). The lowest BCUT2D eigenvalue weighted by atomic mass is 10.2. The van der Waals surface area contributed by atoms with E-state index in [0.29, 0.717) is 5.56 Å². The molecule has 18 heavy (non-hydrogen) atoms. The molecule has 0 heterocycles. The molecule has 0 unspecified atom stereocenters. The van der Waals surface area contributed by atoms with Crippen molar-refractivity contribution in [1.29, 1.82) is 0 Å². The van der Waals surface area contributed by atoms with Gasteiger partial charge in [-0.15, -0.1) is 6.42 Å². The van der Waals surface area contributed by atoms with Crippen LogP contribution < -0.4 is 4.74 Å². The largest absolute Gasteiger partial charge is 0.494 e. The predicted octanol–water partition coefficient (Wildman–Crippen LogP) is 1.35. The van der Waals surface area contributed by atoms with Crippen LogP contribution in [0.1, 0.15) is 5.56 Å². The molecule has 0 aromatic heterocycles. The molecule has 1 aromatic carbocycles. The second kappa shape index (κ2) is 6.62. The molecule has 0 aliphatic carbocycles. The van der Waals surface area contributed by atoms with Gasteiger partial charge in [0.1, 0.15) is 0 Å². The molecule has 96 valence electrons. The summed E-state index contributed by atoms with van der Waals surface area (Å²) in [5.41, 5.74) is 0.643. The van der Waals surface area contributed by atoms with Gasteiger partial charge in [0.05, 0.1) is 20.2 Å². The third kappa shape index (κ3) is 4.07. The van der Waals surface area contributed by atoms with Crippen LogP contribution in [0.3, 0.4) is 0 Å². The number of nitrogens with zero attached hydrogens (tertiary/aromatic N) is 1. The minimum atomic E-state index is -0.973. The Kier molecular flexibility index (Phi) is 5.15. The highest BCUT2D eigenvalue weighted by molar-refractivity contribution is 5.69. The van der Waals surface area contributed by atoms with Gasteiger partial charge in [0.2, 0.25) is 0 Å². The van der Waals surface area contributed by atoms with Crippen LogP contribution >= 0.6 is 0 Å². The minimum absolute atomic E-state index is 0.153. The molecule has 1 rings (SSSR count). The van der Waals surface area contributed by atoms with Crippen LogP contribution in [-0.2, 0) is 11.3 Å². The first-order chi connectivity index (χ1) is 8.56. The lowest BCUT2D eigenvalue weighted by Gasteiger charge is -2.17. The molecule has 0 aliphatic rings. The molecule has 0 saturated carbocycles. The van der Waals surface area contributed by atoms with Crippen LogP contribution in [0.2, 0.25) is 0 Å². The van der Waals surface area contributed by atoms with Gasteiger partial charge in [0, 0.05) is 6.54 Å². The fourth-order valence-corrected chi connectivity index (χ4v) is 1.55. The Morgan fingerprint density at radius 1 is 1.61 bits per heavy atom. The molecule has 0 radical (unpaired) electrons. The molecule has 5 heteroatoms. The van der Waals surface area contributed by atoms with Gasteiger partial charge in [-0.25, -0.2) is 4.39 Å². The summed E-state index contributed by atoms with van der Waals surface area (Å²) in [7, 11) is 1.38. The quantitative estimate of drug-likeness (QED) is 0.775. The maximum absolute atomic E-state index is 13.4. The predicted molar refractivity (Wildman–Crippen MR) is 64.7 cm³/mol. The third-order valence-electron chi connectivity index (χ3n) is 2.30. The lowest BCUT2D eigenvalue weighted by molar-refractivity contribution is -0.138. The number of carbonyl (C=O) groups is 1. The number of carboxylic acid groups (broad SMARTS) is 1. The smallest absolute Gasteiger partial charge is 0.317 e. The maximum atomic E-state index is 13.4. The zero-order valence-electron chi connectivity index (χ0n) is 10.0. The highest BCUT2D eigenvalue weighted by Gasteiger charge is 2.11. The number of aliphatic carboxylic acids is 1. The number of ether oxygens (including phenoxy) is 1. The Hall–Kier alpha value is -2.06. The van der Waals surface area contributed by atoms with Crippen LogP contribution in [0.15, 0.2) is 18.2 Å². The summed E-state index contributed by atoms with van der Waals surface area (Å²) < 4.78 is 18.3. The Labute approximate surface area is 105 Å². The summed E-state index contributed by atoms with van der Waals surface area (Å²) in [4.78, 5) is 12.2. The van der Waals surface area contributed by atoms with Crippen LogP contribution in [-0.4, -0.2) is 36.2 Å². The summed E-state index contributed by atoms with van der Waals surface area (Å²) in [6, 6.07) is 4.48. The van der Waals surface area contributed by atoms with Gasteiger partial charge in [0.15, 0.2) is 11.6 Å². The fraction of sp³-hybridized carbons (Fsp3) is 0.308. The number of halogens is 1. The Balaban J connectivity index is 2.77. The van der Waals surface area contributed by atoms with E-state index >= 15 is 0 Å². The molecular weight excluding hydrogens is 237 g/mol. The van der Waals surface area contributed by atoms with E-state index in [1.54, 1.807) is 6.07 Å². The molecule has 0 spiro atoms. The Bertz CT molecular complexity index is 468. The molecule has 0 aliphatic heterocycles. The van der Waals surface area contributed by atoms with E-state index in [1.165, 1.54) is 24.1 Å². The van der Waals surface area contributed by atoms with E-state index in [-0.39, 0.29) is 25.4 Å². The van der Waals surface area contributed by atoms with Gasteiger partial charge < -0.3 is 9.84 Å². The van der Waals surface area contributed by atoms with E-state index in [0.717, 1.165) is 0 Å². The number of hydrogen-bond acceptors (Lipinski definition) is 3. The molecule has 0 atom stereocenters. The van der Waals surface area contributed by atoms with Crippen molar-refractivity contribution in [2.75, 3.05) is 20.2 Å². The molecule has 1 aromatic rings. The van der Waals surface area contributed by atoms with Gasteiger partial charge in [-0.3, -0.25) is 9.69 Å². The zero-order valence-corrected chi connectivity index (χ0v) is 10.0. The van der Waals surface area contributed by atoms with E-state index in [2.05, 4.69) is 5.92 Å². The second-order valence-corrected chi connectivity index (χ2v) is 3.71. The second-order valence-electron chi connectivity index (χ2n) is 3.71. The normalized spacial score (nSPS) is 10.1. The maximum Gasteiger partial charge on any atom is 0.317 e. The highest BCUT2D eigenvalue weighted by atomic mass is 19.1. The fourth-order valence-electron chi connectivity index (χ4n) is 1.55. The van der Waals surface area contributed by atoms with Gasteiger partial charge in [0.25, 0.3) is 0 Å². The lowest BCUT2D eigenvalue weighted by Crippen LogP contribution is -2.29. The van der Waals surface area contributed by atoms with Crippen LogP contribution in [0.4, 0.5) is 4.39 Å². The molecule has 0 fully saturated rings. The molecule has 0 bridgehead atoms. The number of hydrogen-bond donors (Lipinski definition) is 1. The third-order valence-corrected chi connectivity index (χ3v) is 2.30. The van der Waals surface area contributed by atoms with Crippen molar-refractivity contribution in [1.82, 2.24) is 4.90 Å². The van der Waals surface area contributed by atoms with E-state index in [1.807, 2.05) is 0 Å². The van der Waals surface area contributed by atoms with Gasteiger partial charge >= 0.3 is 5.97 Å². The van der Waals surface area contributed by atoms with E-state index < -0.39 is 11.8 Å². The number of methoxy groups -OCH3 is 1. The minimum Gasteiger partial charge on any atom is -0.494 e. The summed E-state index contributed by atoms with van der Waals surface area (Å²) in [6.07, 6.45) is 5.16. The monoisotopic (exact) mass is 251 g/mol. The van der Waals surface area contributed by atoms with Gasteiger partial charge in [-0.2, -0.15) is 0 Å². The van der Waals surface area contributed by atoms with Crippen molar-refractivity contribution in [3.63, 3.8) is 0 Å². The van der Waals surface area contributed by atoms with Crippen LogP contribution in [0.5, 0.6) is 5.75 Å². The Morgan fingerprint density at radius 3 is 2.83 bits per heavy atom. The topological polar surface area (TPSA) is 49.8 Å². The number of rotatable bonds is 6.